The van der Waals surface area contributed by atoms with Gasteiger partial charge in [0.25, 0.3) is 0 Å². The molecule has 0 bridgehead atoms. The van der Waals surface area contributed by atoms with Gasteiger partial charge < -0.3 is 14.4 Å². The van der Waals surface area contributed by atoms with E-state index in [1.165, 1.54) is 6.42 Å². The molecule has 1 fully saturated rings. The molecule has 1 saturated heterocycles. The first-order valence-electron chi connectivity index (χ1n) is 6.94. The molecule has 1 atom stereocenters. The quantitative estimate of drug-likeness (QED) is 0.915. The number of imidazole rings is 1. The van der Waals surface area contributed by atoms with Gasteiger partial charge in [-0.1, -0.05) is 0 Å². The van der Waals surface area contributed by atoms with Crippen LogP contribution in [0.2, 0.25) is 0 Å². The predicted molar refractivity (Wildman–Crippen MR) is 71.8 cm³/mol. The van der Waals surface area contributed by atoms with Crippen molar-refractivity contribution in [1.29, 1.82) is 0 Å². The van der Waals surface area contributed by atoms with Gasteiger partial charge in [-0.15, -0.1) is 0 Å². The van der Waals surface area contributed by atoms with Gasteiger partial charge in [0, 0.05) is 26.0 Å². The molecule has 0 saturated carbocycles. The van der Waals surface area contributed by atoms with Crippen molar-refractivity contribution in [2.45, 2.75) is 38.3 Å². The van der Waals surface area contributed by atoms with Gasteiger partial charge in [0.15, 0.2) is 5.65 Å². The largest absolute Gasteiger partial charge is 0.396 e. The van der Waals surface area contributed by atoms with Crippen LogP contribution in [-0.4, -0.2) is 32.9 Å². The first kappa shape index (κ1) is 12.6. The predicted octanol–water partition coefficient (Wildman–Crippen LogP) is 2.06. The van der Waals surface area contributed by atoms with Crippen molar-refractivity contribution in [3.63, 3.8) is 0 Å². The van der Waals surface area contributed by atoms with Crippen LogP contribution in [0.5, 0.6) is 0 Å². The Morgan fingerprint density at radius 2 is 2.37 bits per heavy atom. The highest BCUT2D eigenvalue weighted by molar-refractivity contribution is 5.71. The van der Waals surface area contributed by atoms with Crippen molar-refractivity contribution >= 4 is 11.2 Å². The lowest BCUT2D eigenvalue weighted by atomic mass is 10.1. The summed E-state index contributed by atoms with van der Waals surface area (Å²) in [6, 6.07) is 3.88. The minimum absolute atomic E-state index is 0.0710. The third kappa shape index (κ3) is 2.48. The van der Waals surface area contributed by atoms with E-state index in [9.17, 15) is 0 Å². The number of pyridine rings is 1. The molecule has 0 radical (unpaired) electrons. The standard InChI is InChI=1S/C14H19N3O2/c18-9-4-8-17-13-11(5-3-7-15-13)16-14(17)12-6-1-2-10-19-12/h3,5,7,12,18H,1-2,4,6,8-10H2. The van der Waals surface area contributed by atoms with Crippen LogP contribution in [0.4, 0.5) is 0 Å². The number of hydrogen-bond donors (Lipinski definition) is 1. The van der Waals surface area contributed by atoms with E-state index in [-0.39, 0.29) is 12.7 Å². The molecule has 3 rings (SSSR count). The van der Waals surface area contributed by atoms with Gasteiger partial charge in [0.1, 0.15) is 17.4 Å². The maximum atomic E-state index is 9.05. The second-order valence-corrected chi connectivity index (χ2v) is 4.90. The van der Waals surface area contributed by atoms with Gasteiger partial charge in [-0.3, -0.25) is 0 Å². The SMILES string of the molecule is OCCCn1c(C2CCCCO2)nc2cccnc21. The smallest absolute Gasteiger partial charge is 0.160 e. The number of aliphatic hydroxyl groups is 1. The third-order valence-electron chi connectivity index (χ3n) is 3.54. The molecule has 0 amide bonds. The van der Waals surface area contributed by atoms with Crippen LogP contribution < -0.4 is 0 Å². The molecule has 1 N–H and O–H groups in total. The van der Waals surface area contributed by atoms with Crippen LogP contribution in [0.25, 0.3) is 11.2 Å². The molecule has 5 nitrogen and oxygen atoms in total. The number of rotatable bonds is 4. The molecule has 5 heteroatoms. The second kappa shape index (κ2) is 5.67. The fraction of sp³-hybridized carbons (Fsp3) is 0.571. The van der Waals surface area contributed by atoms with Crippen molar-refractivity contribution < 1.29 is 9.84 Å². The molecule has 0 aromatic carbocycles. The van der Waals surface area contributed by atoms with E-state index in [1.54, 1.807) is 6.20 Å². The first-order chi connectivity index (χ1) is 9.40. The molecular formula is C14H19N3O2. The van der Waals surface area contributed by atoms with Crippen molar-refractivity contribution in [2.24, 2.45) is 0 Å². The topological polar surface area (TPSA) is 60.2 Å². The van der Waals surface area contributed by atoms with Crippen molar-refractivity contribution in [1.82, 2.24) is 14.5 Å². The zero-order valence-corrected chi connectivity index (χ0v) is 11.0. The van der Waals surface area contributed by atoms with Crippen LogP contribution >= 0.6 is 0 Å². The van der Waals surface area contributed by atoms with Gasteiger partial charge in [0.2, 0.25) is 0 Å². The number of fused-ring (bicyclic) bond motifs is 1. The minimum Gasteiger partial charge on any atom is -0.396 e. The molecule has 2 aromatic rings. The first-order valence-corrected chi connectivity index (χ1v) is 6.94. The van der Waals surface area contributed by atoms with Gasteiger partial charge in [-0.05, 0) is 37.8 Å². The van der Waals surface area contributed by atoms with E-state index in [0.29, 0.717) is 6.42 Å². The van der Waals surface area contributed by atoms with Crippen LogP contribution in [0.15, 0.2) is 18.3 Å². The third-order valence-corrected chi connectivity index (χ3v) is 3.54. The van der Waals surface area contributed by atoms with E-state index < -0.39 is 0 Å². The molecule has 2 aromatic heterocycles. The summed E-state index contributed by atoms with van der Waals surface area (Å²) in [6.45, 7) is 1.72. The molecule has 1 aliphatic heterocycles. The zero-order chi connectivity index (χ0) is 13.1. The Bertz CT molecular complexity index is 547. The Kier molecular flexibility index (Phi) is 3.75. The number of aliphatic hydroxyl groups excluding tert-OH is 1. The van der Waals surface area contributed by atoms with Gasteiger partial charge in [0.05, 0.1) is 0 Å². The Balaban J connectivity index is 2.00. The molecule has 1 unspecified atom stereocenters. The van der Waals surface area contributed by atoms with Gasteiger partial charge in [-0.2, -0.15) is 0 Å². The van der Waals surface area contributed by atoms with Crippen LogP contribution in [0.3, 0.4) is 0 Å². The normalized spacial score (nSPS) is 19.9. The number of ether oxygens (including phenoxy) is 1. The second-order valence-electron chi connectivity index (χ2n) is 4.90. The highest BCUT2D eigenvalue weighted by Gasteiger charge is 2.23. The van der Waals surface area contributed by atoms with Crippen molar-refractivity contribution in [3.8, 4) is 0 Å². The summed E-state index contributed by atoms with van der Waals surface area (Å²) in [7, 11) is 0. The number of nitrogens with zero attached hydrogens (tertiary/aromatic N) is 3. The number of aromatic nitrogens is 3. The summed E-state index contributed by atoms with van der Waals surface area (Å²) >= 11 is 0. The molecule has 102 valence electrons. The molecule has 1 aliphatic rings. The summed E-state index contributed by atoms with van der Waals surface area (Å²) in [6.07, 6.45) is 5.89. The Morgan fingerprint density at radius 1 is 1.42 bits per heavy atom. The fourth-order valence-electron chi connectivity index (χ4n) is 2.62. The molecule has 19 heavy (non-hydrogen) atoms. The molecular weight excluding hydrogens is 242 g/mol. The van der Waals surface area contributed by atoms with Crippen molar-refractivity contribution in [3.05, 3.63) is 24.2 Å². The van der Waals surface area contributed by atoms with Gasteiger partial charge >= 0.3 is 0 Å². The Hall–Kier alpha value is -1.46. The average Bonchev–Trinajstić information content (AvgIpc) is 2.85. The van der Waals surface area contributed by atoms with E-state index in [0.717, 1.165) is 43.0 Å². The number of aryl methyl sites for hydroxylation is 1. The van der Waals surface area contributed by atoms with Gasteiger partial charge in [-0.25, -0.2) is 9.97 Å². The van der Waals surface area contributed by atoms with E-state index >= 15 is 0 Å². The van der Waals surface area contributed by atoms with Crippen LogP contribution in [-0.2, 0) is 11.3 Å². The molecule has 3 heterocycles. The summed E-state index contributed by atoms with van der Waals surface area (Å²) in [4.78, 5) is 9.10. The lowest BCUT2D eigenvalue weighted by Crippen LogP contribution is -2.17. The monoisotopic (exact) mass is 261 g/mol. The Labute approximate surface area is 112 Å². The van der Waals surface area contributed by atoms with E-state index in [2.05, 4.69) is 14.5 Å². The number of hydrogen-bond acceptors (Lipinski definition) is 4. The van der Waals surface area contributed by atoms with E-state index in [1.807, 2.05) is 12.1 Å². The molecule has 0 aliphatic carbocycles. The van der Waals surface area contributed by atoms with Crippen LogP contribution in [0.1, 0.15) is 37.6 Å². The van der Waals surface area contributed by atoms with Crippen molar-refractivity contribution in [2.75, 3.05) is 13.2 Å². The maximum Gasteiger partial charge on any atom is 0.160 e. The minimum atomic E-state index is 0.0710. The average molecular weight is 261 g/mol. The molecule has 0 spiro atoms. The Morgan fingerprint density at radius 3 is 3.16 bits per heavy atom. The summed E-state index contributed by atoms with van der Waals surface area (Å²) in [5, 5.41) is 9.05. The maximum absolute atomic E-state index is 9.05. The lowest BCUT2D eigenvalue weighted by Gasteiger charge is -2.22. The fourth-order valence-corrected chi connectivity index (χ4v) is 2.62. The lowest BCUT2D eigenvalue weighted by molar-refractivity contribution is 0.00746. The zero-order valence-electron chi connectivity index (χ0n) is 11.0. The summed E-state index contributed by atoms with van der Waals surface area (Å²) in [5.74, 6) is 0.960. The highest BCUT2D eigenvalue weighted by atomic mass is 16.5. The highest BCUT2D eigenvalue weighted by Crippen LogP contribution is 2.29. The summed E-state index contributed by atoms with van der Waals surface area (Å²) < 4.78 is 7.94. The van der Waals surface area contributed by atoms with E-state index in [4.69, 9.17) is 9.84 Å². The van der Waals surface area contributed by atoms with Crippen LogP contribution in [0, 0.1) is 0 Å². The summed E-state index contributed by atoms with van der Waals surface area (Å²) in [5.41, 5.74) is 1.80.